The molecule has 0 amide bonds. The van der Waals surface area contributed by atoms with Crippen molar-refractivity contribution in [3.8, 4) is 0 Å². The highest BCUT2D eigenvalue weighted by atomic mass is 79.9. The Morgan fingerprint density at radius 2 is 2.33 bits per heavy atom. The smallest absolute Gasteiger partial charge is 0.169 e. The van der Waals surface area contributed by atoms with Crippen LogP contribution in [0.1, 0.15) is 11.6 Å². The number of hydrogen-bond donors (Lipinski definition) is 1. The molecule has 0 atom stereocenters. The normalized spacial score (nSPS) is 10.8. The van der Waals surface area contributed by atoms with E-state index in [0.717, 1.165) is 16.3 Å². The van der Waals surface area contributed by atoms with Gasteiger partial charge in [0.1, 0.15) is 17.9 Å². The van der Waals surface area contributed by atoms with Gasteiger partial charge in [0.25, 0.3) is 0 Å². The van der Waals surface area contributed by atoms with Crippen molar-refractivity contribution in [3.05, 3.63) is 34.7 Å². The zero-order valence-corrected chi connectivity index (χ0v) is 9.86. The van der Waals surface area contributed by atoms with Gasteiger partial charge in [-0.2, -0.15) is 0 Å². The van der Waals surface area contributed by atoms with Gasteiger partial charge in [-0.25, -0.2) is 0 Å². The average molecular weight is 271 g/mol. The fraction of sp³-hybridized carbons (Fsp3) is 0.333. The zero-order valence-electron chi connectivity index (χ0n) is 8.27. The van der Waals surface area contributed by atoms with Gasteiger partial charge in [-0.1, -0.05) is 0 Å². The Kier molecular flexibility index (Phi) is 3.17. The summed E-state index contributed by atoms with van der Waals surface area (Å²) in [6.07, 6.45) is 1.68. The summed E-state index contributed by atoms with van der Waals surface area (Å²) < 4.78 is 7.97. The molecule has 0 saturated heterocycles. The molecular formula is C9H11BrN4O. The van der Waals surface area contributed by atoms with Crippen LogP contribution in [0, 0.1) is 0 Å². The van der Waals surface area contributed by atoms with Crippen molar-refractivity contribution in [2.24, 2.45) is 7.05 Å². The third kappa shape index (κ3) is 2.66. The predicted molar refractivity (Wildman–Crippen MR) is 58.0 cm³/mol. The van der Waals surface area contributed by atoms with E-state index in [9.17, 15) is 0 Å². The van der Waals surface area contributed by atoms with Crippen molar-refractivity contribution in [1.82, 2.24) is 20.1 Å². The molecule has 0 fully saturated rings. The van der Waals surface area contributed by atoms with E-state index in [4.69, 9.17) is 4.42 Å². The van der Waals surface area contributed by atoms with Crippen LogP contribution in [0.25, 0.3) is 0 Å². The predicted octanol–water partition coefficient (Wildman–Crippen LogP) is 1.46. The minimum atomic E-state index is 0.675. The number of hydrogen-bond acceptors (Lipinski definition) is 4. The number of rotatable bonds is 4. The van der Waals surface area contributed by atoms with Crippen molar-refractivity contribution in [1.29, 1.82) is 0 Å². The third-order valence-corrected chi connectivity index (χ3v) is 2.44. The minimum Gasteiger partial charge on any atom is -0.453 e. The van der Waals surface area contributed by atoms with Crippen LogP contribution in [0.2, 0.25) is 0 Å². The van der Waals surface area contributed by atoms with E-state index in [2.05, 4.69) is 31.4 Å². The molecular weight excluding hydrogens is 260 g/mol. The lowest BCUT2D eigenvalue weighted by atomic mass is 10.4. The molecule has 0 unspecified atom stereocenters. The molecule has 0 radical (unpaired) electrons. The van der Waals surface area contributed by atoms with Gasteiger partial charge in [0.15, 0.2) is 4.67 Å². The van der Waals surface area contributed by atoms with E-state index in [-0.39, 0.29) is 0 Å². The maximum Gasteiger partial charge on any atom is 0.169 e. The van der Waals surface area contributed by atoms with E-state index in [1.54, 1.807) is 6.33 Å². The van der Waals surface area contributed by atoms with Gasteiger partial charge < -0.3 is 14.3 Å². The van der Waals surface area contributed by atoms with Crippen LogP contribution in [0.3, 0.4) is 0 Å². The Bertz CT molecular complexity index is 437. The van der Waals surface area contributed by atoms with Crippen molar-refractivity contribution in [2.45, 2.75) is 13.1 Å². The van der Waals surface area contributed by atoms with Crippen LogP contribution in [0.5, 0.6) is 0 Å². The second-order valence-electron chi connectivity index (χ2n) is 3.17. The molecule has 80 valence electrons. The van der Waals surface area contributed by atoms with Gasteiger partial charge in [-0.3, -0.25) is 0 Å². The van der Waals surface area contributed by atoms with E-state index in [0.29, 0.717) is 13.1 Å². The highest BCUT2D eigenvalue weighted by molar-refractivity contribution is 9.10. The lowest BCUT2D eigenvalue weighted by Gasteiger charge is -2.01. The fourth-order valence-electron chi connectivity index (χ4n) is 1.21. The topological polar surface area (TPSA) is 55.9 Å². The summed E-state index contributed by atoms with van der Waals surface area (Å²) in [4.78, 5) is 0. The molecule has 0 spiro atoms. The fourth-order valence-corrected chi connectivity index (χ4v) is 1.55. The first-order valence-corrected chi connectivity index (χ1v) is 5.33. The first-order chi connectivity index (χ1) is 7.25. The van der Waals surface area contributed by atoms with Gasteiger partial charge in [-0.15, -0.1) is 10.2 Å². The summed E-state index contributed by atoms with van der Waals surface area (Å²) in [5.74, 6) is 1.80. The number of aryl methyl sites for hydroxylation is 1. The van der Waals surface area contributed by atoms with E-state index < -0.39 is 0 Å². The summed E-state index contributed by atoms with van der Waals surface area (Å²) in [7, 11) is 1.92. The first-order valence-electron chi connectivity index (χ1n) is 4.53. The van der Waals surface area contributed by atoms with E-state index >= 15 is 0 Å². The van der Waals surface area contributed by atoms with Gasteiger partial charge >= 0.3 is 0 Å². The van der Waals surface area contributed by atoms with Crippen molar-refractivity contribution in [2.75, 3.05) is 0 Å². The maximum atomic E-state index is 5.34. The molecule has 1 N–H and O–H groups in total. The second-order valence-corrected chi connectivity index (χ2v) is 3.95. The van der Waals surface area contributed by atoms with Crippen LogP contribution in [-0.4, -0.2) is 14.8 Å². The Hall–Kier alpha value is -1.14. The number of nitrogens with zero attached hydrogens (tertiary/aromatic N) is 3. The Labute approximate surface area is 95.6 Å². The number of halogens is 1. The lowest BCUT2D eigenvalue weighted by molar-refractivity contribution is 0.461. The Balaban J connectivity index is 1.83. The summed E-state index contributed by atoms with van der Waals surface area (Å²) in [5, 5.41) is 11.0. The Morgan fingerprint density at radius 1 is 1.47 bits per heavy atom. The summed E-state index contributed by atoms with van der Waals surface area (Å²) in [6, 6.07) is 3.80. The molecule has 0 aromatic carbocycles. The van der Waals surface area contributed by atoms with Gasteiger partial charge in [0.05, 0.1) is 13.1 Å². The molecule has 0 aliphatic rings. The molecule has 2 aromatic rings. The number of nitrogens with one attached hydrogen (secondary N) is 1. The van der Waals surface area contributed by atoms with Gasteiger partial charge in [0, 0.05) is 7.05 Å². The molecule has 0 bridgehead atoms. The van der Waals surface area contributed by atoms with Crippen molar-refractivity contribution < 1.29 is 4.42 Å². The van der Waals surface area contributed by atoms with Crippen LogP contribution < -0.4 is 5.32 Å². The van der Waals surface area contributed by atoms with Gasteiger partial charge in [-0.05, 0) is 28.1 Å². The Morgan fingerprint density at radius 3 is 2.93 bits per heavy atom. The summed E-state index contributed by atoms with van der Waals surface area (Å²) >= 11 is 3.25. The van der Waals surface area contributed by atoms with Crippen molar-refractivity contribution >= 4 is 15.9 Å². The summed E-state index contributed by atoms with van der Waals surface area (Å²) in [6.45, 7) is 1.35. The van der Waals surface area contributed by atoms with Gasteiger partial charge in [0.2, 0.25) is 0 Å². The van der Waals surface area contributed by atoms with Crippen LogP contribution in [-0.2, 0) is 20.1 Å². The molecule has 6 heteroatoms. The standard InChI is InChI=1S/C9H11BrN4O/c1-14-6-12-13-9(14)5-11-4-7-2-3-8(10)15-7/h2-3,6,11H,4-5H2,1H3. The van der Waals surface area contributed by atoms with Crippen molar-refractivity contribution in [3.63, 3.8) is 0 Å². The molecule has 2 rings (SSSR count). The zero-order chi connectivity index (χ0) is 10.7. The molecule has 2 aromatic heterocycles. The number of aromatic nitrogens is 3. The molecule has 15 heavy (non-hydrogen) atoms. The van der Waals surface area contributed by atoms with Crippen LogP contribution in [0.15, 0.2) is 27.5 Å². The second kappa shape index (κ2) is 4.59. The van der Waals surface area contributed by atoms with Crippen LogP contribution >= 0.6 is 15.9 Å². The lowest BCUT2D eigenvalue weighted by Crippen LogP contribution is -2.15. The molecule has 2 heterocycles. The average Bonchev–Trinajstić information content (AvgIpc) is 2.77. The van der Waals surface area contributed by atoms with E-state index in [1.807, 2.05) is 23.7 Å². The highest BCUT2D eigenvalue weighted by Gasteiger charge is 2.01. The first kappa shape index (κ1) is 10.4. The molecule has 0 aliphatic heterocycles. The van der Waals surface area contributed by atoms with E-state index in [1.165, 1.54) is 0 Å². The SMILES string of the molecule is Cn1cnnc1CNCc1ccc(Br)o1. The number of furan rings is 1. The summed E-state index contributed by atoms with van der Waals surface area (Å²) in [5.41, 5.74) is 0. The minimum absolute atomic E-state index is 0.675. The maximum absolute atomic E-state index is 5.34. The quantitative estimate of drug-likeness (QED) is 0.914. The highest BCUT2D eigenvalue weighted by Crippen LogP contribution is 2.13. The molecule has 5 nitrogen and oxygen atoms in total. The third-order valence-electron chi connectivity index (χ3n) is 2.02. The van der Waals surface area contributed by atoms with Crippen LogP contribution in [0.4, 0.5) is 0 Å². The largest absolute Gasteiger partial charge is 0.453 e. The molecule has 0 saturated carbocycles. The monoisotopic (exact) mass is 270 g/mol. The molecule has 0 aliphatic carbocycles.